The molecule has 20 heavy (non-hydrogen) atoms. The van der Waals surface area contributed by atoms with Gasteiger partial charge >= 0.3 is 0 Å². The molecule has 5 heteroatoms. The monoisotopic (exact) mass is 266 g/mol. The van der Waals surface area contributed by atoms with Crippen LogP contribution in [0.2, 0.25) is 0 Å². The van der Waals surface area contributed by atoms with E-state index < -0.39 is 0 Å². The summed E-state index contributed by atoms with van der Waals surface area (Å²) in [5.41, 5.74) is 5.68. The molecular weight excluding hydrogens is 252 g/mol. The van der Waals surface area contributed by atoms with Crippen LogP contribution in [-0.2, 0) is 0 Å². The van der Waals surface area contributed by atoms with E-state index in [9.17, 15) is 0 Å². The third-order valence-corrected chi connectivity index (χ3v) is 2.99. The van der Waals surface area contributed by atoms with Crippen molar-refractivity contribution >= 4 is 28.2 Å². The summed E-state index contributed by atoms with van der Waals surface area (Å²) in [6, 6.07) is 13.2. The van der Waals surface area contributed by atoms with Crippen molar-refractivity contribution in [3.63, 3.8) is 0 Å². The van der Waals surface area contributed by atoms with Crippen LogP contribution in [0.5, 0.6) is 5.75 Å². The van der Waals surface area contributed by atoms with E-state index in [-0.39, 0.29) is 0 Å². The molecule has 0 bridgehead atoms. The molecule has 0 amide bonds. The Kier molecular flexibility index (Phi) is 3.09. The number of benzene rings is 1. The summed E-state index contributed by atoms with van der Waals surface area (Å²) in [7, 11) is 1.64. The van der Waals surface area contributed by atoms with Gasteiger partial charge in [0.05, 0.1) is 7.11 Å². The summed E-state index contributed by atoms with van der Waals surface area (Å²) in [6.45, 7) is 0. The maximum absolute atomic E-state index is 5.68. The number of fused-ring (bicyclic) bond motifs is 1. The number of rotatable bonds is 3. The Labute approximate surface area is 116 Å². The highest BCUT2D eigenvalue weighted by molar-refractivity contribution is 5.93. The molecule has 3 aromatic rings. The van der Waals surface area contributed by atoms with Gasteiger partial charge in [-0.25, -0.2) is 9.97 Å². The number of pyridine rings is 2. The number of hydrogen-bond acceptors (Lipinski definition) is 5. The van der Waals surface area contributed by atoms with E-state index in [4.69, 9.17) is 10.5 Å². The molecule has 0 saturated carbocycles. The maximum Gasteiger partial charge on any atom is 0.139 e. The van der Waals surface area contributed by atoms with E-state index in [0.717, 1.165) is 22.3 Å². The van der Waals surface area contributed by atoms with Gasteiger partial charge in [-0.05, 0) is 35.7 Å². The minimum absolute atomic E-state index is 0.466. The van der Waals surface area contributed by atoms with Crippen LogP contribution in [0.25, 0.3) is 10.8 Å². The number of nitrogens with one attached hydrogen (secondary N) is 1. The Morgan fingerprint density at radius 2 is 2.05 bits per heavy atom. The van der Waals surface area contributed by atoms with E-state index in [2.05, 4.69) is 15.3 Å². The number of ether oxygens (including phenoxy) is 1. The van der Waals surface area contributed by atoms with Crippen LogP contribution in [0, 0.1) is 0 Å². The van der Waals surface area contributed by atoms with Crippen molar-refractivity contribution < 1.29 is 4.74 Å². The molecule has 1 aromatic carbocycles. The Balaban J connectivity index is 2.06. The quantitative estimate of drug-likeness (QED) is 0.762. The van der Waals surface area contributed by atoms with Crippen LogP contribution in [0.1, 0.15) is 0 Å². The number of nitrogens with two attached hydrogens (primary N) is 1. The standard InChI is InChI=1S/C15H14N4O/c1-20-11-6-5-10-7-8-17-15(12(10)9-11)19-14-4-2-3-13(16)18-14/h2-9H,1H3,(H3,16,17,18,19). The predicted octanol–water partition coefficient (Wildman–Crippen LogP) is 2.96. The average Bonchev–Trinajstić information content (AvgIpc) is 2.47. The number of nitrogen functional groups attached to an aromatic ring is 1. The smallest absolute Gasteiger partial charge is 0.139 e. The molecule has 0 unspecified atom stereocenters. The van der Waals surface area contributed by atoms with Crippen LogP contribution < -0.4 is 15.8 Å². The molecule has 5 nitrogen and oxygen atoms in total. The van der Waals surface area contributed by atoms with Crippen LogP contribution in [0.3, 0.4) is 0 Å². The predicted molar refractivity (Wildman–Crippen MR) is 80.2 cm³/mol. The highest BCUT2D eigenvalue weighted by atomic mass is 16.5. The first kappa shape index (κ1) is 12.2. The van der Waals surface area contributed by atoms with E-state index in [1.54, 1.807) is 19.4 Å². The summed E-state index contributed by atoms with van der Waals surface area (Å²) < 4.78 is 5.26. The van der Waals surface area contributed by atoms with Gasteiger partial charge < -0.3 is 15.8 Å². The van der Waals surface area contributed by atoms with Gasteiger partial charge in [-0.1, -0.05) is 12.1 Å². The van der Waals surface area contributed by atoms with Gasteiger partial charge in [0.25, 0.3) is 0 Å². The Morgan fingerprint density at radius 3 is 2.85 bits per heavy atom. The number of methoxy groups -OCH3 is 1. The summed E-state index contributed by atoms with van der Waals surface area (Å²) in [5.74, 6) is 2.63. The number of nitrogens with zero attached hydrogens (tertiary/aromatic N) is 2. The van der Waals surface area contributed by atoms with Crippen molar-refractivity contribution in [1.82, 2.24) is 9.97 Å². The normalized spacial score (nSPS) is 10.4. The maximum atomic E-state index is 5.68. The fourth-order valence-corrected chi connectivity index (χ4v) is 2.02. The molecule has 0 aliphatic rings. The Hall–Kier alpha value is -2.82. The van der Waals surface area contributed by atoms with Crippen molar-refractivity contribution in [2.45, 2.75) is 0 Å². The molecular formula is C15H14N4O. The first-order valence-corrected chi connectivity index (χ1v) is 6.18. The molecule has 0 radical (unpaired) electrons. The number of hydrogen-bond donors (Lipinski definition) is 2. The topological polar surface area (TPSA) is 73.1 Å². The molecule has 3 N–H and O–H groups in total. The zero-order valence-electron chi connectivity index (χ0n) is 11.0. The largest absolute Gasteiger partial charge is 0.497 e. The van der Waals surface area contributed by atoms with Crippen molar-refractivity contribution in [3.8, 4) is 5.75 Å². The number of anilines is 3. The fourth-order valence-electron chi connectivity index (χ4n) is 2.02. The molecule has 2 heterocycles. The summed E-state index contributed by atoms with van der Waals surface area (Å²) in [5, 5.41) is 5.23. The molecule has 0 aliphatic carbocycles. The van der Waals surface area contributed by atoms with E-state index in [1.165, 1.54) is 0 Å². The molecule has 0 atom stereocenters. The molecule has 0 fully saturated rings. The fraction of sp³-hybridized carbons (Fsp3) is 0.0667. The van der Waals surface area contributed by atoms with Crippen LogP contribution in [0.4, 0.5) is 17.5 Å². The second-order valence-corrected chi connectivity index (χ2v) is 4.32. The van der Waals surface area contributed by atoms with Gasteiger partial charge in [0.1, 0.15) is 23.2 Å². The van der Waals surface area contributed by atoms with Crippen molar-refractivity contribution in [3.05, 3.63) is 48.7 Å². The molecule has 2 aromatic heterocycles. The molecule has 3 rings (SSSR count). The summed E-state index contributed by atoms with van der Waals surface area (Å²) >= 11 is 0. The summed E-state index contributed by atoms with van der Waals surface area (Å²) in [4.78, 5) is 8.57. The molecule has 100 valence electrons. The number of aromatic nitrogens is 2. The SMILES string of the molecule is COc1ccc2ccnc(Nc3cccc(N)n3)c2c1. The zero-order valence-corrected chi connectivity index (χ0v) is 11.0. The lowest BCUT2D eigenvalue weighted by atomic mass is 10.1. The second-order valence-electron chi connectivity index (χ2n) is 4.32. The molecule has 0 aliphatic heterocycles. The highest BCUT2D eigenvalue weighted by Gasteiger charge is 2.05. The third kappa shape index (κ3) is 2.33. The first-order chi connectivity index (χ1) is 9.76. The van der Waals surface area contributed by atoms with Gasteiger partial charge in [0, 0.05) is 11.6 Å². The van der Waals surface area contributed by atoms with E-state index in [1.807, 2.05) is 36.4 Å². The molecule has 0 saturated heterocycles. The average molecular weight is 266 g/mol. The Bertz CT molecular complexity index is 758. The van der Waals surface area contributed by atoms with Gasteiger partial charge in [0.2, 0.25) is 0 Å². The van der Waals surface area contributed by atoms with Crippen molar-refractivity contribution in [2.24, 2.45) is 0 Å². The van der Waals surface area contributed by atoms with Crippen molar-refractivity contribution in [1.29, 1.82) is 0 Å². The lowest BCUT2D eigenvalue weighted by molar-refractivity contribution is 0.415. The van der Waals surface area contributed by atoms with E-state index >= 15 is 0 Å². The van der Waals surface area contributed by atoms with Gasteiger partial charge in [-0.2, -0.15) is 0 Å². The van der Waals surface area contributed by atoms with Crippen LogP contribution in [0.15, 0.2) is 48.7 Å². The Morgan fingerprint density at radius 1 is 1.15 bits per heavy atom. The minimum atomic E-state index is 0.466. The lowest BCUT2D eigenvalue weighted by Gasteiger charge is -2.09. The van der Waals surface area contributed by atoms with Gasteiger partial charge in [-0.3, -0.25) is 0 Å². The van der Waals surface area contributed by atoms with Gasteiger partial charge in [-0.15, -0.1) is 0 Å². The van der Waals surface area contributed by atoms with Crippen molar-refractivity contribution in [2.75, 3.05) is 18.2 Å². The van der Waals surface area contributed by atoms with E-state index in [0.29, 0.717) is 11.6 Å². The highest BCUT2D eigenvalue weighted by Crippen LogP contribution is 2.27. The van der Waals surface area contributed by atoms with Crippen LogP contribution >= 0.6 is 0 Å². The minimum Gasteiger partial charge on any atom is -0.497 e. The zero-order chi connectivity index (χ0) is 13.9. The lowest BCUT2D eigenvalue weighted by Crippen LogP contribution is -1.99. The van der Waals surface area contributed by atoms with Crippen LogP contribution in [-0.4, -0.2) is 17.1 Å². The second kappa shape index (κ2) is 5.05. The van der Waals surface area contributed by atoms with Gasteiger partial charge in [0.15, 0.2) is 0 Å². The first-order valence-electron chi connectivity index (χ1n) is 6.18. The molecule has 0 spiro atoms. The summed E-state index contributed by atoms with van der Waals surface area (Å²) in [6.07, 6.45) is 1.75. The third-order valence-electron chi connectivity index (χ3n) is 2.99.